The number of nitrogens with one attached hydrogen (secondary N) is 2. The minimum absolute atomic E-state index is 0. The number of guanidine groups is 1. The van der Waals surface area contributed by atoms with Crippen LogP contribution in [-0.4, -0.2) is 52.8 Å². The molecule has 4 rings (SSSR count). The number of hydrogen-bond acceptors (Lipinski definition) is 4. The van der Waals surface area contributed by atoms with Crippen molar-refractivity contribution in [3.05, 3.63) is 59.8 Å². The lowest BCUT2D eigenvalue weighted by Gasteiger charge is -2.36. The lowest BCUT2D eigenvalue weighted by Crippen LogP contribution is -2.51. The maximum Gasteiger partial charge on any atom is 0.191 e. The first-order valence-electron chi connectivity index (χ1n) is 11.0. The van der Waals surface area contributed by atoms with Crippen LogP contribution in [-0.2, 0) is 6.42 Å². The first-order chi connectivity index (χ1) is 15.1. The van der Waals surface area contributed by atoms with E-state index in [2.05, 4.69) is 32.7 Å². The van der Waals surface area contributed by atoms with E-state index in [4.69, 9.17) is 4.99 Å². The molecule has 1 saturated heterocycles. The number of hydrogen-bond donors (Lipinski definition) is 2. The fourth-order valence-electron chi connectivity index (χ4n) is 4.13. The van der Waals surface area contributed by atoms with Gasteiger partial charge in [0.1, 0.15) is 11.6 Å². The number of aryl methyl sites for hydroxylation is 1. The van der Waals surface area contributed by atoms with Gasteiger partial charge in [-0.25, -0.2) is 4.39 Å². The van der Waals surface area contributed by atoms with Crippen LogP contribution < -0.4 is 15.5 Å². The minimum atomic E-state index is -0.185. The molecule has 1 atom stereocenters. The van der Waals surface area contributed by atoms with E-state index in [0.717, 1.165) is 61.2 Å². The number of aromatic nitrogens is 3. The van der Waals surface area contributed by atoms with Gasteiger partial charge in [0, 0.05) is 50.5 Å². The number of aliphatic imine (C=N–C) groups is 1. The fourth-order valence-corrected chi connectivity index (χ4v) is 4.13. The predicted molar refractivity (Wildman–Crippen MR) is 138 cm³/mol. The van der Waals surface area contributed by atoms with E-state index in [-0.39, 0.29) is 35.8 Å². The number of nitrogens with zero attached hydrogens (tertiary/aromatic N) is 5. The van der Waals surface area contributed by atoms with Crippen molar-refractivity contribution >= 4 is 41.3 Å². The number of piperidine rings is 1. The van der Waals surface area contributed by atoms with Gasteiger partial charge in [0.15, 0.2) is 11.6 Å². The van der Waals surface area contributed by atoms with E-state index in [1.165, 1.54) is 0 Å². The van der Waals surface area contributed by atoms with Crippen molar-refractivity contribution in [3.8, 4) is 0 Å². The molecule has 172 valence electrons. The Morgan fingerprint density at radius 1 is 1.25 bits per heavy atom. The summed E-state index contributed by atoms with van der Waals surface area (Å²) in [7, 11) is 0. The molecular formula is C23H31FIN7. The van der Waals surface area contributed by atoms with Gasteiger partial charge >= 0.3 is 0 Å². The first kappa shape index (κ1) is 24.2. The fraction of sp³-hybridized carbons (Fsp3) is 0.435. The van der Waals surface area contributed by atoms with Crippen molar-refractivity contribution in [1.82, 2.24) is 25.2 Å². The van der Waals surface area contributed by atoms with Gasteiger partial charge in [-0.3, -0.25) is 9.39 Å². The van der Waals surface area contributed by atoms with Crippen LogP contribution in [0.4, 0.5) is 10.1 Å². The third-order valence-electron chi connectivity index (χ3n) is 5.60. The van der Waals surface area contributed by atoms with Crippen molar-refractivity contribution in [2.45, 2.75) is 39.2 Å². The Morgan fingerprint density at radius 3 is 2.94 bits per heavy atom. The smallest absolute Gasteiger partial charge is 0.191 e. The van der Waals surface area contributed by atoms with E-state index in [0.29, 0.717) is 13.0 Å². The summed E-state index contributed by atoms with van der Waals surface area (Å²) in [6.07, 6.45) is 4.86. The molecule has 2 aromatic heterocycles. The van der Waals surface area contributed by atoms with Crippen molar-refractivity contribution in [3.63, 3.8) is 0 Å². The third-order valence-corrected chi connectivity index (χ3v) is 5.60. The zero-order valence-electron chi connectivity index (χ0n) is 18.6. The second-order valence-corrected chi connectivity index (χ2v) is 7.92. The van der Waals surface area contributed by atoms with E-state index in [9.17, 15) is 4.39 Å². The number of pyridine rings is 1. The molecule has 1 aromatic carbocycles. The van der Waals surface area contributed by atoms with E-state index in [1.54, 1.807) is 12.1 Å². The van der Waals surface area contributed by atoms with Crippen LogP contribution in [0.25, 0.3) is 5.65 Å². The molecule has 0 radical (unpaired) electrons. The van der Waals surface area contributed by atoms with Crippen LogP contribution in [0, 0.1) is 12.7 Å². The summed E-state index contributed by atoms with van der Waals surface area (Å²) in [6, 6.07) is 11.2. The molecule has 1 aliphatic heterocycles. The van der Waals surface area contributed by atoms with E-state index >= 15 is 0 Å². The van der Waals surface area contributed by atoms with Gasteiger partial charge in [0.2, 0.25) is 0 Å². The molecule has 7 nitrogen and oxygen atoms in total. The Balaban J connectivity index is 0.00000289. The summed E-state index contributed by atoms with van der Waals surface area (Å²) < 4.78 is 15.5. The zero-order valence-corrected chi connectivity index (χ0v) is 20.9. The molecule has 32 heavy (non-hydrogen) atoms. The van der Waals surface area contributed by atoms with E-state index < -0.39 is 0 Å². The molecule has 0 saturated carbocycles. The monoisotopic (exact) mass is 551 g/mol. The molecular weight excluding hydrogens is 520 g/mol. The summed E-state index contributed by atoms with van der Waals surface area (Å²) in [5.74, 6) is 1.54. The summed E-state index contributed by atoms with van der Waals surface area (Å²) in [6.45, 7) is 7.31. The summed E-state index contributed by atoms with van der Waals surface area (Å²) >= 11 is 0. The molecule has 2 N–H and O–H groups in total. The second kappa shape index (κ2) is 11.4. The van der Waals surface area contributed by atoms with Crippen LogP contribution >= 0.6 is 24.0 Å². The standard InChI is InChI=1S/C23H30FN7.HI/c1-3-25-23(26-12-11-22-29-28-21-8-4-5-14-31(21)22)27-19-7-6-13-30(16-19)20-10-9-18(24)15-17(20)2;/h4-5,8-10,14-15,19H,3,6-7,11-13,16H2,1-2H3,(H2,25,26,27);1H. The van der Waals surface area contributed by atoms with Gasteiger partial charge in [-0.05, 0) is 62.6 Å². The van der Waals surface area contributed by atoms with Crippen molar-refractivity contribution in [2.24, 2.45) is 4.99 Å². The lowest BCUT2D eigenvalue weighted by molar-refractivity contribution is 0.467. The van der Waals surface area contributed by atoms with Crippen LogP contribution in [0.1, 0.15) is 31.2 Å². The molecule has 0 amide bonds. The number of rotatable bonds is 6. The van der Waals surface area contributed by atoms with Crippen LogP contribution in [0.5, 0.6) is 0 Å². The number of fused-ring (bicyclic) bond motifs is 1. The highest BCUT2D eigenvalue weighted by molar-refractivity contribution is 14.0. The van der Waals surface area contributed by atoms with Gasteiger partial charge in [-0.15, -0.1) is 34.2 Å². The van der Waals surface area contributed by atoms with Crippen molar-refractivity contribution in [1.29, 1.82) is 0 Å². The van der Waals surface area contributed by atoms with Gasteiger partial charge in [-0.1, -0.05) is 6.07 Å². The Labute approximate surface area is 205 Å². The van der Waals surface area contributed by atoms with E-state index in [1.807, 2.05) is 41.8 Å². The summed E-state index contributed by atoms with van der Waals surface area (Å²) in [5.41, 5.74) is 2.93. The Bertz CT molecular complexity index is 1050. The summed E-state index contributed by atoms with van der Waals surface area (Å²) in [4.78, 5) is 7.10. The zero-order chi connectivity index (χ0) is 21.6. The van der Waals surface area contributed by atoms with Crippen LogP contribution in [0.15, 0.2) is 47.6 Å². The Morgan fingerprint density at radius 2 is 2.12 bits per heavy atom. The highest BCUT2D eigenvalue weighted by Gasteiger charge is 2.22. The summed E-state index contributed by atoms with van der Waals surface area (Å²) in [5, 5.41) is 15.4. The molecule has 1 aliphatic rings. The van der Waals surface area contributed by atoms with Gasteiger partial charge in [0.25, 0.3) is 0 Å². The molecule has 3 heterocycles. The third kappa shape index (κ3) is 5.87. The first-order valence-corrected chi connectivity index (χ1v) is 11.0. The van der Waals surface area contributed by atoms with Gasteiger partial charge in [0.05, 0.1) is 0 Å². The normalized spacial score (nSPS) is 16.7. The molecule has 3 aromatic rings. The topological polar surface area (TPSA) is 69.8 Å². The van der Waals surface area contributed by atoms with Crippen molar-refractivity contribution < 1.29 is 4.39 Å². The SMILES string of the molecule is CCNC(=NCCc1nnc2ccccn12)NC1CCCN(c2ccc(F)cc2C)C1.I. The van der Waals surface area contributed by atoms with Crippen LogP contribution in [0.2, 0.25) is 0 Å². The molecule has 1 unspecified atom stereocenters. The molecule has 0 spiro atoms. The Kier molecular flexibility index (Phi) is 8.66. The predicted octanol–water partition coefficient (Wildman–Crippen LogP) is 3.56. The van der Waals surface area contributed by atoms with Gasteiger partial charge in [-0.2, -0.15) is 0 Å². The molecule has 0 aliphatic carbocycles. The number of halogens is 2. The largest absolute Gasteiger partial charge is 0.369 e. The second-order valence-electron chi connectivity index (χ2n) is 7.92. The minimum Gasteiger partial charge on any atom is -0.369 e. The lowest BCUT2D eigenvalue weighted by atomic mass is 10.0. The average molecular weight is 551 g/mol. The maximum absolute atomic E-state index is 13.5. The molecule has 9 heteroatoms. The average Bonchev–Trinajstić information content (AvgIpc) is 3.17. The number of benzene rings is 1. The molecule has 1 fully saturated rings. The highest BCUT2D eigenvalue weighted by Crippen LogP contribution is 2.24. The number of anilines is 1. The van der Waals surface area contributed by atoms with Crippen LogP contribution in [0.3, 0.4) is 0 Å². The quantitative estimate of drug-likeness (QED) is 0.279. The highest BCUT2D eigenvalue weighted by atomic mass is 127. The van der Waals surface area contributed by atoms with Crippen molar-refractivity contribution in [2.75, 3.05) is 31.1 Å². The Hall–Kier alpha value is -2.43. The van der Waals surface area contributed by atoms with Gasteiger partial charge < -0.3 is 15.5 Å². The molecule has 0 bridgehead atoms. The maximum atomic E-state index is 13.5.